The van der Waals surface area contributed by atoms with Crippen LogP contribution in [0.5, 0.6) is 0 Å². The molecule has 0 radical (unpaired) electrons. The van der Waals surface area contributed by atoms with Gasteiger partial charge in [-0.15, -0.1) is 0 Å². The van der Waals surface area contributed by atoms with Crippen molar-refractivity contribution >= 4 is 0 Å². The van der Waals surface area contributed by atoms with Crippen molar-refractivity contribution in [1.82, 2.24) is 25.3 Å². The third-order valence-electron chi connectivity index (χ3n) is 7.10. The van der Waals surface area contributed by atoms with Crippen LogP contribution in [0.15, 0.2) is 0 Å². The van der Waals surface area contributed by atoms with Crippen molar-refractivity contribution in [3.63, 3.8) is 0 Å². The van der Waals surface area contributed by atoms with E-state index in [1.165, 1.54) is 104 Å². The van der Waals surface area contributed by atoms with Gasteiger partial charge in [0.1, 0.15) is 0 Å². The van der Waals surface area contributed by atoms with Crippen LogP contribution in [0.25, 0.3) is 0 Å². The van der Waals surface area contributed by atoms with Gasteiger partial charge in [0, 0.05) is 50.3 Å². The lowest BCUT2D eigenvalue weighted by atomic mass is 9.94. The van der Waals surface area contributed by atoms with Gasteiger partial charge >= 0.3 is 0 Å². The highest BCUT2D eigenvalue weighted by molar-refractivity contribution is 4.90. The molecule has 2 N–H and O–H groups in total. The molecule has 6 bridgehead atoms. The van der Waals surface area contributed by atoms with E-state index in [0.29, 0.717) is 24.2 Å². The first-order valence-electron chi connectivity index (χ1n) is 11.4. The number of piperidine rings is 2. The average molecular weight is 364 g/mol. The molecule has 26 heavy (non-hydrogen) atoms. The summed E-state index contributed by atoms with van der Waals surface area (Å²) in [5, 5.41) is 8.09. The summed E-state index contributed by atoms with van der Waals surface area (Å²) < 4.78 is 0. The summed E-state index contributed by atoms with van der Waals surface area (Å²) in [5.41, 5.74) is 0. The topological polar surface area (TPSA) is 33.8 Å². The Morgan fingerprint density at radius 1 is 0.538 bits per heavy atom. The minimum atomic E-state index is 0.704. The predicted octanol–water partition coefficient (Wildman–Crippen LogP) is 1.35. The van der Waals surface area contributed by atoms with Crippen LogP contribution < -0.4 is 10.6 Å². The number of nitrogens with one attached hydrogen (secondary N) is 2. The molecule has 0 aromatic heterocycles. The van der Waals surface area contributed by atoms with Gasteiger partial charge < -0.3 is 25.3 Å². The molecule has 5 aliphatic heterocycles. The van der Waals surface area contributed by atoms with Crippen LogP contribution >= 0.6 is 0 Å². The molecule has 5 saturated heterocycles. The summed E-state index contributed by atoms with van der Waals surface area (Å²) >= 11 is 0. The van der Waals surface area contributed by atoms with Crippen LogP contribution in [0.1, 0.15) is 51.4 Å². The summed E-state index contributed by atoms with van der Waals surface area (Å²) in [6.45, 7) is 10.0. The maximum Gasteiger partial charge on any atom is 0.0198 e. The van der Waals surface area contributed by atoms with Crippen molar-refractivity contribution < 1.29 is 0 Å². The molecule has 5 aliphatic rings. The van der Waals surface area contributed by atoms with E-state index >= 15 is 0 Å². The highest BCUT2D eigenvalue weighted by Crippen LogP contribution is 2.20. The van der Waals surface area contributed by atoms with Gasteiger partial charge in [0.15, 0.2) is 0 Å². The Balaban J connectivity index is 1.55. The zero-order chi connectivity index (χ0) is 17.8. The van der Waals surface area contributed by atoms with E-state index in [-0.39, 0.29) is 0 Å². The maximum atomic E-state index is 4.04. The second-order valence-electron chi connectivity index (χ2n) is 9.51. The first kappa shape index (κ1) is 19.1. The smallest absolute Gasteiger partial charge is 0.0198 e. The molecule has 5 heteroatoms. The van der Waals surface area contributed by atoms with Gasteiger partial charge in [0.2, 0.25) is 0 Å². The van der Waals surface area contributed by atoms with Gasteiger partial charge in [-0.05, 0) is 71.8 Å². The van der Waals surface area contributed by atoms with Crippen molar-refractivity contribution in [2.45, 2.75) is 75.5 Å². The van der Waals surface area contributed by atoms with Crippen LogP contribution in [-0.4, -0.2) is 98.3 Å². The first-order valence-corrected chi connectivity index (χ1v) is 11.4. The van der Waals surface area contributed by atoms with Crippen molar-refractivity contribution in [2.75, 3.05) is 59.4 Å². The van der Waals surface area contributed by atoms with Gasteiger partial charge in [-0.25, -0.2) is 0 Å². The number of hydrogen-bond acceptors (Lipinski definition) is 5. The molecular formula is C21H41N5. The monoisotopic (exact) mass is 363 g/mol. The molecule has 0 amide bonds. The third kappa shape index (κ3) is 5.41. The van der Waals surface area contributed by atoms with Gasteiger partial charge in [-0.1, -0.05) is 12.8 Å². The summed E-state index contributed by atoms with van der Waals surface area (Å²) in [7, 11) is 2.32. The Bertz CT molecular complexity index is 369. The van der Waals surface area contributed by atoms with Crippen molar-refractivity contribution in [2.24, 2.45) is 0 Å². The molecule has 0 saturated carbocycles. The fraction of sp³-hybridized carbons (Fsp3) is 1.00. The van der Waals surface area contributed by atoms with E-state index in [0.717, 1.165) is 0 Å². The SMILES string of the molecule is CN1CCCN2CC3CCCC(CN(CCC1)CC1CCCC(C2)N1)N3. The molecule has 0 aliphatic carbocycles. The number of rotatable bonds is 0. The lowest BCUT2D eigenvalue weighted by Gasteiger charge is -2.43. The number of hydrogen-bond donors (Lipinski definition) is 2. The Kier molecular flexibility index (Phi) is 6.87. The first-order chi connectivity index (χ1) is 12.7. The van der Waals surface area contributed by atoms with Crippen molar-refractivity contribution in [3.05, 3.63) is 0 Å². The Hall–Kier alpha value is -0.200. The molecule has 4 unspecified atom stereocenters. The standard InChI is InChI=1S/C21H41N5/c1-24-10-4-12-25-14-18-6-2-7-19(22-18)15-26(13-5-11-24)17-21-9-3-8-20(16-25)23-21/h18-23H,2-17H2,1H3. The summed E-state index contributed by atoms with van der Waals surface area (Å²) in [5.74, 6) is 0. The zero-order valence-corrected chi connectivity index (χ0v) is 17.0. The van der Waals surface area contributed by atoms with Crippen molar-refractivity contribution in [3.8, 4) is 0 Å². The third-order valence-corrected chi connectivity index (χ3v) is 7.10. The van der Waals surface area contributed by atoms with E-state index in [4.69, 9.17) is 0 Å². The van der Waals surface area contributed by atoms with E-state index in [2.05, 4.69) is 32.4 Å². The molecule has 5 fully saturated rings. The fourth-order valence-corrected chi connectivity index (χ4v) is 5.80. The van der Waals surface area contributed by atoms with Crippen LogP contribution in [-0.2, 0) is 0 Å². The van der Waals surface area contributed by atoms with E-state index < -0.39 is 0 Å². The molecule has 5 rings (SSSR count). The van der Waals surface area contributed by atoms with Crippen LogP contribution in [0.2, 0.25) is 0 Å². The van der Waals surface area contributed by atoms with Gasteiger partial charge in [0.05, 0.1) is 0 Å². The van der Waals surface area contributed by atoms with E-state index in [1.807, 2.05) is 0 Å². The molecule has 0 aromatic rings. The molecule has 0 spiro atoms. The lowest BCUT2D eigenvalue weighted by Crippen LogP contribution is -2.58. The minimum Gasteiger partial charge on any atom is -0.309 e. The second-order valence-corrected chi connectivity index (χ2v) is 9.51. The van der Waals surface area contributed by atoms with Crippen molar-refractivity contribution in [1.29, 1.82) is 0 Å². The Labute approximate surface area is 160 Å². The quantitative estimate of drug-likeness (QED) is 0.679. The fourth-order valence-electron chi connectivity index (χ4n) is 5.80. The van der Waals surface area contributed by atoms with Gasteiger partial charge in [-0.2, -0.15) is 0 Å². The molecule has 150 valence electrons. The van der Waals surface area contributed by atoms with Gasteiger partial charge in [0.25, 0.3) is 0 Å². The predicted molar refractivity (Wildman–Crippen MR) is 109 cm³/mol. The normalized spacial score (nSPS) is 43.7. The Morgan fingerprint density at radius 3 is 1.31 bits per heavy atom. The molecule has 0 aromatic carbocycles. The second kappa shape index (κ2) is 9.33. The van der Waals surface area contributed by atoms with E-state index in [1.54, 1.807) is 0 Å². The zero-order valence-electron chi connectivity index (χ0n) is 17.0. The van der Waals surface area contributed by atoms with Crippen LogP contribution in [0.3, 0.4) is 0 Å². The van der Waals surface area contributed by atoms with Gasteiger partial charge in [-0.3, -0.25) is 0 Å². The number of fused-ring (bicyclic) bond motifs is 6. The largest absolute Gasteiger partial charge is 0.309 e. The minimum absolute atomic E-state index is 0.704. The number of nitrogens with zero attached hydrogens (tertiary/aromatic N) is 3. The molecule has 5 heterocycles. The Morgan fingerprint density at radius 2 is 0.923 bits per heavy atom. The molecular weight excluding hydrogens is 322 g/mol. The maximum absolute atomic E-state index is 4.04. The van der Waals surface area contributed by atoms with Crippen LogP contribution in [0.4, 0.5) is 0 Å². The summed E-state index contributed by atoms with van der Waals surface area (Å²) in [6.07, 6.45) is 10.9. The van der Waals surface area contributed by atoms with E-state index in [9.17, 15) is 0 Å². The average Bonchev–Trinajstić information content (AvgIpc) is 2.61. The summed E-state index contributed by atoms with van der Waals surface area (Å²) in [6, 6.07) is 2.82. The molecule has 5 nitrogen and oxygen atoms in total. The lowest BCUT2D eigenvalue weighted by molar-refractivity contribution is 0.116. The highest BCUT2D eigenvalue weighted by Gasteiger charge is 2.30. The van der Waals surface area contributed by atoms with Crippen LogP contribution in [0, 0.1) is 0 Å². The highest BCUT2D eigenvalue weighted by atomic mass is 15.2. The molecule has 4 atom stereocenters. The summed E-state index contributed by atoms with van der Waals surface area (Å²) in [4.78, 5) is 8.14.